The molecule has 1 nitrogen and oxygen atoms in total. The quantitative estimate of drug-likeness (QED) is 0.643. The van der Waals surface area contributed by atoms with Crippen molar-refractivity contribution in [2.24, 2.45) is 0 Å². The summed E-state index contributed by atoms with van der Waals surface area (Å²) in [5.74, 6) is 0. The van der Waals surface area contributed by atoms with E-state index in [1.54, 1.807) is 0 Å². The first-order valence-corrected chi connectivity index (χ1v) is 6.45. The molecule has 0 aromatic carbocycles. The van der Waals surface area contributed by atoms with Crippen LogP contribution in [0, 0.1) is 0 Å². The van der Waals surface area contributed by atoms with Gasteiger partial charge in [0.25, 0.3) is 0 Å². The molecule has 0 saturated carbocycles. The van der Waals surface area contributed by atoms with Crippen LogP contribution in [0.2, 0.25) is 0 Å². The molecule has 0 aliphatic rings. The molecule has 0 amide bonds. The molecule has 0 aliphatic carbocycles. The molecule has 0 aromatic heterocycles. The Labute approximate surface area is 92.7 Å². The first-order chi connectivity index (χ1) is 6.74. The fourth-order valence-corrected chi connectivity index (χ4v) is 0.479. The smallest absolute Gasteiger partial charge is 0.00516 e. The lowest BCUT2D eigenvalue weighted by atomic mass is 10.4. The molecule has 0 aromatic rings. The van der Waals surface area contributed by atoms with Gasteiger partial charge in [0.2, 0.25) is 0 Å². The summed E-state index contributed by atoms with van der Waals surface area (Å²) in [7, 11) is 0. The third kappa shape index (κ3) is 58.4. The van der Waals surface area contributed by atoms with Crippen molar-refractivity contribution in [3.05, 3.63) is 0 Å². The molecule has 1 heteroatoms. The minimum atomic E-state index is 1.17. The van der Waals surface area contributed by atoms with Crippen LogP contribution in [0.1, 0.15) is 73.6 Å². The van der Waals surface area contributed by atoms with Crippen molar-refractivity contribution in [3.8, 4) is 0 Å². The molecule has 1 N–H and O–H groups in total. The average molecular weight is 203 g/mol. The SMILES string of the molecule is CCC.CCCC.CCCNCCC. The number of hydrogen-bond donors (Lipinski definition) is 1. The topological polar surface area (TPSA) is 12.0 Å². The zero-order valence-corrected chi connectivity index (χ0v) is 11.4. The van der Waals surface area contributed by atoms with Crippen molar-refractivity contribution in [1.82, 2.24) is 5.32 Å². The zero-order chi connectivity index (χ0) is 11.7. The van der Waals surface area contributed by atoms with Gasteiger partial charge in [0.1, 0.15) is 0 Å². The largest absolute Gasteiger partial charge is 0.317 e. The summed E-state index contributed by atoms with van der Waals surface area (Å²) < 4.78 is 0. The van der Waals surface area contributed by atoms with Gasteiger partial charge in [0.05, 0.1) is 0 Å². The molecule has 0 fully saturated rings. The van der Waals surface area contributed by atoms with Crippen LogP contribution in [0.25, 0.3) is 0 Å². The van der Waals surface area contributed by atoms with Crippen LogP contribution in [0.3, 0.4) is 0 Å². The Bertz CT molecular complexity index is 47.2. The number of hydrogen-bond acceptors (Lipinski definition) is 1. The molecule has 0 rings (SSSR count). The summed E-state index contributed by atoms with van der Waals surface area (Å²) in [5.41, 5.74) is 0. The fourth-order valence-electron chi connectivity index (χ4n) is 0.479. The van der Waals surface area contributed by atoms with Crippen LogP contribution >= 0.6 is 0 Å². The molecule has 0 spiro atoms. The highest BCUT2D eigenvalue weighted by molar-refractivity contribution is 4.39. The third-order valence-electron chi connectivity index (χ3n) is 1.35. The van der Waals surface area contributed by atoms with Gasteiger partial charge in [-0.05, 0) is 25.9 Å². The van der Waals surface area contributed by atoms with Crippen molar-refractivity contribution in [2.45, 2.75) is 73.6 Å². The highest BCUT2D eigenvalue weighted by Gasteiger charge is 1.76. The van der Waals surface area contributed by atoms with Crippen LogP contribution in [-0.2, 0) is 0 Å². The van der Waals surface area contributed by atoms with Gasteiger partial charge in [-0.15, -0.1) is 0 Å². The Hall–Kier alpha value is -0.0400. The molecule has 0 aliphatic heterocycles. The van der Waals surface area contributed by atoms with Gasteiger partial charge in [-0.25, -0.2) is 0 Å². The molecular weight excluding hydrogens is 170 g/mol. The predicted molar refractivity (Wildman–Crippen MR) is 70.0 cm³/mol. The van der Waals surface area contributed by atoms with E-state index in [4.69, 9.17) is 0 Å². The Morgan fingerprint density at radius 1 is 0.571 bits per heavy atom. The van der Waals surface area contributed by atoms with E-state index in [0.29, 0.717) is 0 Å². The summed E-state index contributed by atoms with van der Waals surface area (Å²) in [6.45, 7) is 15.3. The average Bonchev–Trinajstić information content (AvgIpc) is 2.20. The minimum Gasteiger partial charge on any atom is -0.317 e. The first-order valence-electron chi connectivity index (χ1n) is 6.45. The maximum atomic E-state index is 3.28. The Kier molecular flexibility index (Phi) is 40.8. The van der Waals surface area contributed by atoms with Crippen LogP contribution in [0.4, 0.5) is 0 Å². The second kappa shape index (κ2) is 29.3. The van der Waals surface area contributed by atoms with Gasteiger partial charge in [0.15, 0.2) is 0 Å². The standard InChI is InChI=1S/C6H15N.C4H10.C3H8/c1-3-5-7-6-4-2;1-3-4-2;1-3-2/h7H,3-6H2,1-2H3;3-4H2,1-2H3;3H2,1-2H3. The molecule has 0 bridgehead atoms. The van der Waals surface area contributed by atoms with E-state index in [9.17, 15) is 0 Å². The van der Waals surface area contributed by atoms with Gasteiger partial charge in [-0.2, -0.15) is 0 Å². The summed E-state index contributed by atoms with van der Waals surface area (Å²) >= 11 is 0. The van der Waals surface area contributed by atoms with E-state index in [2.05, 4.69) is 46.9 Å². The summed E-state index contributed by atoms with van der Waals surface area (Å²) in [6, 6.07) is 0. The molecule has 0 atom stereocenters. The normalized spacial score (nSPS) is 8.14. The van der Waals surface area contributed by atoms with Crippen molar-refractivity contribution in [3.63, 3.8) is 0 Å². The summed E-state index contributed by atoms with van der Waals surface area (Å²) in [6.07, 6.45) is 6.39. The predicted octanol–water partition coefficient (Wildman–Crippen LogP) is 4.62. The van der Waals surface area contributed by atoms with E-state index >= 15 is 0 Å². The zero-order valence-electron chi connectivity index (χ0n) is 11.4. The van der Waals surface area contributed by atoms with Crippen LogP contribution in [0.15, 0.2) is 0 Å². The van der Waals surface area contributed by atoms with Gasteiger partial charge in [-0.3, -0.25) is 0 Å². The van der Waals surface area contributed by atoms with Crippen LogP contribution in [-0.4, -0.2) is 13.1 Å². The van der Waals surface area contributed by atoms with E-state index in [1.165, 1.54) is 45.2 Å². The lowest BCUT2D eigenvalue weighted by Gasteiger charge is -1.95. The molecule has 0 radical (unpaired) electrons. The van der Waals surface area contributed by atoms with Crippen molar-refractivity contribution in [1.29, 1.82) is 0 Å². The maximum Gasteiger partial charge on any atom is -0.00516 e. The lowest BCUT2D eigenvalue weighted by Crippen LogP contribution is -2.14. The molecule has 0 unspecified atom stereocenters. The second-order valence-electron chi connectivity index (χ2n) is 3.46. The Morgan fingerprint density at radius 3 is 1.00 bits per heavy atom. The van der Waals surface area contributed by atoms with Gasteiger partial charge in [-0.1, -0.05) is 60.8 Å². The van der Waals surface area contributed by atoms with E-state index in [1.807, 2.05) is 0 Å². The highest BCUT2D eigenvalue weighted by atomic mass is 14.8. The fraction of sp³-hybridized carbons (Fsp3) is 1.00. The van der Waals surface area contributed by atoms with Crippen LogP contribution < -0.4 is 5.32 Å². The third-order valence-corrected chi connectivity index (χ3v) is 1.35. The van der Waals surface area contributed by atoms with Crippen LogP contribution in [0.5, 0.6) is 0 Å². The lowest BCUT2D eigenvalue weighted by molar-refractivity contribution is 0.662. The highest BCUT2D eigenvalue weighted by Crippen LogP contribution is 1.76. The van der Waals surface area contributed by atoms with Crippen molar-refractivity contribution >= 4 is 0 Å². The van der Waals surface area contributed by atoms with Crippen molar-refractivity contribution < 1.29 is 0 Å². The summed E-state index contributed by atoms with van der Waals surface area (Å²) in [4.78, 5) is 0. The molecule has 0 heterocycles. The maximum absolute atomic E-state index is 3.28. The second-order valence-corrected chi connectivity index (χ2v) is 3.46. The molecule has 0 saturated heterocycles. The van der Waals surface area contributed by atoms with E-state index < -0.39 is 0 Å². The van der Waals surface area contributed by atoms with E-state index in [0.717, 1.165) is 0 Å². The molecular formula is C13H33N. The van der Waals surface area contributed by atoms with Gasteiger partial charge < -0.3 is 5.32 Å². The van der Waals surface area contributed by atoms with Gasteiger partial charge in [0, 0.05) is 0 Å². The van der Waals surface area contributed by atoms with Gasteiger partial charge >= 0.3 is 0 Å². The summed E-state index contributed by atoms with van der Waals surface area (Å²) in [5, 5.41) is 3.28. The Morgan fingerprint density at radius 2 is 0.857 bits per heavy atom. The van der Waals surface area contributed by atoms with Crippen molar-refractivity contribution in [2.75, 3.05) is 13.1 Å². The number of nitrogens with one attached hydrogen (secondary N) is 1. The monoisotopic (exact) mass is 203 g/mol. The minimum absolute atomic E-state index is 1.17. The molecule has 14 heavy (non-hydrogen) atoms. The number of rotatable bonds is 5. The van der Waals surface area contributed by atoms with E-state index in [-0.39, 0.29) is 0 Å². The Balaban J connectivity index is -0.000000147. The molecule has 90 valence electrons. The first kappa shape index (κ1) is 19.5. The number of unbranched alkanes of at least 4 members (excludes halogenated alkanes) is 1.